The lowest BCUT2D eigenvalue weighted by atomic mass is 10.2. The van der Waals surface area contributed by atoms with Crippen LogP contribution in [0.4, 0.5) is 0 Å². The Hall–Kier alpha value is -1.02. The number of halogens is 1. The molecule has 0 aliphatic carbocycles. The second-order valence-electron chi connectivity index (χ2n) is 3.08. The molecule has 1 rings (SSSR count). The smallest absolute Gasteiger partial charge is 0.262 e. The minimum atomic E-state index is -3.55. The maximum Gasteiger partial charge on any atom is 0.352 e. The van der Waals surface area contributed by atoms with Crippen molar-refractivity contribution in [2.24, 2.45) is 9.98 Å². The molecule has 9 heteroatoms. The van der Waals surface area contributed by atoms with E-state index in [2.05, 4.69) is 9.98 Å². The average Bonchev–Trinajstić information content (AvgIpc) is 2.07. The molecule has 0 aromatic carbocycles. The van der Waals surface area contributed by atoms with Gasteiger partial charge in [0.15, 0.2) is 0 Å². The average molecular weight is 254 g/mol. The van der Waals surface area contributed by atoms with Gasteiger partial charge in [-0.05, 0) is 18.5 Å². The first-order chi connectivity index (χ1) is 6.68. The van der Waals surface area contributed by atoms with Crippen LogP contribution < -0.4 is 0 Å². The van der Waals surface area contributed by atoms with Crippen molar-refractivity contribution in [3.63, 3.8) is 0 Å². The SMILES string of the molecule is CC1=NC(S(C)(=O)=O)=NCC1(Cl)[N+](=O)[O-]. The first-order valence-electron chi connectivity index (χ1n) is 3.81. The molecule has 0 spiro atoms. The highest BCUT2D eigenvalue weighted by Crippen LogP contribution is 2.23. The Balaban J connectivity index is 3.16. The van der Waals surface area contributed by atoms with Gasteiger partial charge in [0.1, 0.15) is 12.3 Å². The first-order valence-corrected chi connectivity index (χ1v) is 6.08. The van der Waals surface area contributed by atoms with Gasteiger partial charge in [-0.2, -0.15) is 0 Å². The van der Waals surface area contributed by atoms with Gasteiger partial charge < -0.3 is 0 Å². The van der Waals surface area contributed by atoms with E-state index in [1.54, 1.807) is 0 Å². The van der Waals surface area contributed by atoms with E-state index in [-0.39, 0.29) is 5.71 Å². The van der Waals surface area contributed by atoms with Crippen LogP contribution in [0.3, 0.4) is 0 Å². The van der Waals surface area contributed by atoms with E-state index in [9.17, 15) is 18.5 Å². The summed E-state index contributed by atoms with van der Waals surface area (Å²) in [5.41, 5.74) is -0.0791. The quantitative estimate of drug-likeness (QED) is 0.286. The summed E-state index contributed by atoms with van der Waals surface area (Å²) >= 11 is 5.64. The first kappa shape index (κ1) is 12.1. The van der Waals surface area contributed by atoms with E-state index in [1.165, 1.54) is 6.92 Å². The molecule has 7 nitrogen and oxygen atoms in total. The lowest BCUT2D eigenvalue weighted by Crippen LogP contribution is -2.45. The van der Waals surface area contributed by atoms with Crippen molar-refractivity contribution in [2.75, 3.05) is 12.8 Å². The number of rotatable bonds is 1. The van der Waals surface area contributed by atoms with E-state index in [0.717, 1.165) is 6.26 Å². The normalized spacial score (nSPS) is 26.9. The summed E-state index contributed by atoms with van der Waals surface area (Å²) in [5.74, 6) is 0. The standard InChI is InChI=1S/C6H8ClN3O4S/c1-4-6(7,10(11)12)3-8-5(9-4)15(2,13)14/h3H2,1-2H3. The molecule has 1 heterocycles. The van der Waals surface area contributed by atoms with Gasteiger partial charge in [0.2, 0.25) is 15.0 Å². The van der Waals surface area contributed by atoms with Gasteiger partial charge in [0.25, 0.3) is 0 Å². The number of amidine groups is 1. The third-order valence-electron chi connectivity index (χ3n) is 1.86. The third kappa shape index (κ3) is 2.15. The molecule has 0 radical (unpaired) electrons. The summed E-state index contributed by atoms with van der Waals surface area (Å²) in [6.45, 7) is 0.870. The summed E-state index contributed by atoms with van der Waals surface area (Å²) in [7, 11) is -3.55. The zero-order valence-electron chi connectivity index (χ0n) is 7.97. The van der Waals surface area contributed by atoms with Crippen LogP contribution in [-0.2, 0) is 9.84 Å². The van der Waals surface area contributed by atoms with Gasteiger partial charge in [-0.15, -0.1) is 0 Å². The van der Waals surface area contributed by atoms with E-state index in [1.807, 2.05) is 0 Å². The third-order valence-corrected chi connectivity index (χ3v) is 3.28. The van der Waals surface area contributed by atoms with E-state index in [4.69, 9.17) is 11.6 Å². The molecule has 0 saturated carbocycles. The maximum atomic E-state index is 11.1. The second-order valence-corrected chi connectivity index (χ2v) is 5.62. The molecule has 0 bridgehead atoms. The Morgan fingerprint density at radius 3 is 2.47 bits per heavy atom. The molecular formula is C6H8ClN3O4S. The largest absolute Gasteiger partial charge is 0.352 e. The van der Waals surface area contributed by atoms with Gasteiger partial charge in [-0.25, -0.2) is 18.4 Å². The predicted molar refractivity (Wildman–Crippen MR) is 55.8 cm³/mol. The van der Waals surface area contributed by atoms with Gasteiger partial charge in [-0.3, -0.25) is 10.1 Å². The number of sulfone groups is 1. The Bertz CT molecular complexity index is 469. The molecule has 0 aromatic rings. The van der Waals surface area contributed by atoms with Crippen molar-refractivity contribution >= 4 is 32.3 Å². The zero-order chi connectivity index (χ0) is 11.9. The Morgan fingerprint density at radius 1 is 1.60 bits per heavy atom. The highest BCUT2D eigenvalue weighted by Gasteiger charge is 2.47. The Labute approximate surface area is 90.9 Å². The summed E-state index contributed by atoms with van der Waals surface area (Å²) in [4.78, 5) is 15.0. The fourth-order valence-electron chi connectivity index (χ4n) is 0.941. The molecular weight excluding hydrogens is 246 g/mol. The molecule has 1 aliphatic heterocycles. The molecule has 1 unspecified atom stereocenters. The lowest BCUT2D eigenvalue weighted by molar-refractivity contribution is -0.518. The molecule has 0 aromatic heterocycles. The molecule has 0 N–H and O–H groups in total. The van der Waals surface area contributed by atoms with E-state index in [0.29, 0.717) is 0 Å². The van der Waals surface area contributed by atoms with Gasteiger partial charge in [-0.1, -0.05) is 0 Å². The van der Waals surface area contributed by atoms with E-state index >= 15 is 0 Å². The van der Waals surface area contributed by atoms with Crippen molar-refractivity contribution in [3.8, 4) is 0 Å². The summed E-state index contributed by atoms with van der Waals surface area (Å²) in [5, 5.41) is 10.2. The molecule has 0 amide bonds. The summed E-state index contributed by atoms with van der Waals surface area (Å²) < 4.78 is 22.1. The van der Waals surface area contributed by atoms with Crippen LogP contribution in [0, 0.1) is 10.1 Å². The van der Waals surface area contributed by atoms with Crippen molar-refractivity contribution < 1.29 is 13.3 Å². The van der Waals surface area contributed by atoms with Crippen LogP contribution >= 0.6 is 11.6 Å². The highest BCUT2D eigenvalue weighted by atomic mass is 35.5. The minimum Gasteiger partial charge on any atom is -0.262 e. The van der Waals surface area contributed by atoms with Crippen molar-refractivity contribution in [1.29, 1.82) is 0 Å². The summed E-state index contributed by atoms with van der Waals surface area (Å²) in [6, 6.07) is 0. The molecule has 1 aliphatic rings. The number of hydrogen-bond acceptors (Lipinski definition) is 6. The van der Waals surface area contributed by atoms with Gasteiger partial charge in [0, 0.05) is 6.26 Å². The van der Waals surface area contributed by atoms with Crippen molar-refractivity contribution in [2.45, 2.75) is 11.9 Å². The molecule has 15 heavy (non-hydrogen) atoms. The lowest BCUT2D eigenvalue weighted by Gasteiger charge is -2.19. The Kier molecular flexibility index (Phi) is 2.83. The van der Waals surface area contributed by atoms with Crippen LogP contribution in [0.5, 0.6) is 0 Å². The number of nitrogens with zero attached hydrogens (tertiary/aromatic N) is 3. The zero-order valence-corrected chi connectivity index (χ0v) is 9.54. The number of aliphatic imine (C=N–C) groups is 2. The fraction of sp³-hybridized carbons (Fsp3) is 0.667. The number of nitro groups is 1. The number of alkyl halides is 1. The Morgan fingerprint density at radius 2 is 2.13 bits per heavy atom. The predicted octanol–water partition coefficient (Wildman–Crippen LogP) is 0.0733. The van der Waals surface area contributed by atoms with Crippen LogP contribution in [0.15, 0.2) is 9.98 Å². The van der Waals surface area contributed by atoms with Crippen molar-refractivity contribution in [1.82, 2.24) is 0 Å². The topological polar surface area (TPSA) is 102 Å². The monoisotopic (exact) mass is 253 g/mol. The number of hydrogen-bond donors (Lipinski definition) is 0. The van der Waals surface area contributed by atoms with Gasteiger partial charge in [0.05, 0.1) is 4.92 Å². The molecule has 1 atom stereocenters. The van der Waals surface area contributed by atoms with Crippen LogP contribution in [0.2, 0.25) is 0 Å². The minimum absolute atomic E-state index is 0.0791. The summed E-state index contributed by atoms with van der Waals surface area (Å²) in [6.07, 6.45) is 0.927. The second kappa shape index (κ2) is 3.53. The van der Waals surface area contributed by atoms with Crippen LogP contribution in [-0.4, -0.2) is 42.0 Å². The van der Waals surface area contributed by atoms with Crippen LogP contribution in [0.1, 0.15) is 6.92 Å². The molecule has 84 valence electrons. The molecule has 0 saturated heterocycles. The van der Waals surface area contributed by atoms with Crippen LogP contribution in [0.25, 0.3) is 0 Å². The fourth-order valence-corrected chi connectivity index (χ4v) is 1.65. The van der Waals surface area contributed by atoms with E-state index < -0.39 is 31.5 Å². The van der Waals surface area contributed by atoms with Gasteiger partial charge >= 0.3 is 5.00 Å². The maximum absolute atomic E-state index is 11.1. The highest BCUT2D eigenvalue weighted by molar-refractivity contribution is 8.05. The molecule has 0 fully saturated rings. The van der Waals surface area contributed by atoms with Crippen molar-refractivity contribution in [3.05, 3.63) is 10.1 Å².